The zero-order valence-corrected chi connectivity index (χ0v) is 12.8. The van der Waals surface area contributed by atoms with Gasteiger partial charge in [-0.1, -0.05) is 0 Å². The van der Waals surface area contributed by atoms with E-state index in [2.05, 4.69) is 19.9 Å². The van der Waals surface area contributed by atoms with E-state index in [1.54, 1.807) is 4.90 Å². The van der Waals surface area contributed by atoms with Crippen LogP contribution < -0.4 is 10.6 Å². The number of primary amides is 1. The van der Waals surface area contributed by atoms with Crippen molar-refractivity contribution in [2.45, 2.75) is 6.18 Å². The lowest BCUT2D eigenvalue weighted by molar-refractivity contribution is -0.137. The molecule has 0 atom stereocenters. The lowest BCUT2D eigenvalue weighted by Crippen LogP contribution is -2.37. The minimum atomic E-state index is -4.69. The number of carbonyl (C=O) groups excluding carboxylic acids is 1. The first-order valence-corrected chi connectivity index (χ1v) is 7.25. The Morgan fingerprint density at radius 3 is 2.52 bits per heavy atom. The molecule has 3 rings (SSSR count). The summed E-state index contributed by atoms with van der Waals surface area (Å²) in [5, 5.41) is 0. The predicted octanol–water partition coefficient (Wildman–Crippen LogP) is 0.888. The Bertz CT molecular complexity index is 792. The number of aromatic nitrogens is 4. The smallest absolute Gasteiger partial charge is 0.378 e. The van der Waals surface area contributed by atoms with Crippen LogP contribution in [0.15, 0.2) is 18.6 Å². The quantitative estimate of drug-likeness (QED) is 0.872. The van der Waals surface area contributed by atoms with Crippen LogP contribution in [-0.2, 0) is 10.9 Å². The van der Waals surface area contributed by atoms with E-state index in [4.69, 9.17) is 10.5 Å². The Hall–Kier alpha value is -2.82. The van der Waals surface area contributed by atoms with Crippen molar-refractivity contribution in [3.63, 3.8) is 0 Å². The van der Waals surface area contributed by atoms with E-state index in [1.807, 2.05) is 0 Å². The molecule has 2 aromatic rings. The van der Waals surface area contributed by atoms with Crippen molar-refractivity contribution in [3.05, 3.63) is 29.8 Å². The Morgan fingerprint density at radius 1 is 1.16 bits per heavy atom. The number of alkyl halides is 3. The second-order valence-corrected chi connectivity index (χ2v) is 5.18. The number of nitrogens with two attached hydrogens (primary N) is 1. The number of halogens is 3. The number of amides is 1. The molecule has 1 aliphatic rings. The number of ether oxygens (including phenoxy) is 1. The van der Waals surface area contributed by atoms with Crippen molar-refractivity contribution in [1.29, 1.82) is 0 Å². The van der Waals surface area contributed by atoms with Gasteiger partial charge in [0.1, 0.15) is 22.6 Å². The van der Waals surface area contributed by atoms with Crippen LogP contribution in [0.3, 0.4) is 0 Å². The molecule has 2 N–H and O–H groups in total. The lowest BCUT2D eigenvalue weighted by Gasteiger charge is -2.27. The van der Waals surface area contributed by atoms with Crippen LogP contribution in [0.4, 0.5) is 19.1 Å². The second-order valence-electron chi connectivity index (χ2n) is 5.18. The highest BCUT2D eigenvalue weighted by molar-refractivity contribution is 5.90. The van der Waals surface area contributed by atoms with Crippen molar-refractivity contribution in [1.82, 2.24) is 19.9 Å². The van der Waals surface area contributed by atoms with Gasteiger partial charge in [0.05, 0.1) is 25.6 Å². The summed E-state index contributed by atoms with van der Waals surface area (Å²) in [5.41, 5.74) is 3.12. The third-order valence-corrected chi connectivity index (χ3v) is 3.50. The molecule has 25 heavy (non-hydrogen) atoms. The van der Waals surface area contributed by atoms with Gasteiger partial charge in [-0.15, -0.1) is 0 Å². The molecule has 0 aliphatic carbocycles. The normalized spacial score (nSPS) is 15.2. The molecule has 1 saturated heterocycles. The molecule has 1 aliphatic heterocycles. The first-order valence-electron chi connectivity index (χ1n) is 7.25. The average Bonchev–Trinajstić information content (AvgIpc) is 2.61. The van der Waals surface area contributed by atoms with Gasteiger partial charge in [0, 0.05) is 19.3 Å². The molecule has 2 aromatic heterocycles. The van der Waals surface area contributed by atoms with Gasteiger partial charge in [-0.3, -0.25) is 9.78 Å². The molecular weight excluding hydrogens is 341 g/mol. The van der Waals surface area contributed by atoms with Crippen LogP contribution in [0.2, 0.25) is 0 Å². The number of hydrogen-bond donors (Lipinski definition) is 1. The fourth-order valence-electron chi connectivity index (χ4n) is 2.29. The maximum atomic E-state index is 13.3. The molecule has 3 heterocycles. The molecule has 1 amide bonds. The second kappa shape index (κ2) is 6.59. The van der Waals surface area contributed by atoms with E-state index in [9.17, 15) is 18.0 Å². The minimum Gasteiger partial charge on any atom is -0.378 e. The maximum Gasteiger partial charge on any atom is 0.420 e. The van der Waals surface area contributed by atoms with Crippen molar-refractivity contribution < 1.29 is 22.7 Å². The summed E-state index contributed by atoms with van der Waals surface area (Å²) in [4.78, 5) is 28.3. The van der Waals surface area contributed by atoms with Crippen LogP contribution in [0.1, 0.15) is 16.1 Å². The van der Waals surface area contributed by atoms with Gasteiger partial charge < -0.3 is 15.4 Å². The summed E-state index contributed by atoms with van der Waals surface area (Å²) in [7, 11) is 0. The number of hydrogen-bond acceptors (Lipinski definition) is 7. The number of anilines is 1. The van der Waals surface area contributed by atoms with Crippen molar-refractivity contribution in [2.24, 2.45) is 5.73 Å². The summed E-state index contributed by atoms with van der Waals surface area (Å²) >= 11 is 0. The maximum absolute atomic E-state index is 13.3. The number of morpholine rings is 1. The fraction of sp³-hybridized carbons (Fsp3) is 0.357. The molecule has 0 saturated carbocycles. The highest BCUT2D eigenvalue weighted by atomic mass is 19.4. The van der Waals surface area contributed by atoms with Gasteiger partial charge >= 0.3 is 6.18 Å². The summed E-state index contributed by atoms with van der Waals surface area (Å²) in [6.07, 6.45) is -1.83. The zero-order valence-electron chi connectivity index (χ0n) is 12.8. The van der Waals surface area contributed by atoms with Gasteiger partial charge in [0.15, 0.2) is 0 Å². The predicted molar refractivity (Wildman–Crippen MR) is 79.6 cm³/mol. The first kappa shape index (κ1) is 17.0. The van der Waals surface area contributed by atoms with Gasteiger partial charge in [-0.05, 0) is 0 Å². The van der Waals surface area contributed by atoms with E-state index in [-0.39, 0.29) is 17.3 Å². The van der Waals surface area contributed by atoms with Crippen LogP contribution in [0, 0.1) is 0 Å². The highest BCUT2D eigenvalue weighted by Gasteiger charge is 2.36. The molecule has 0 spiro atoms. The first-order chi connectivity index (χ1) is 11.9. The molecule has 1 fully saturated rings. The summed E-state index contributed by atoms with van der Waals surface area (Å²) in [6.45, 7) is 1.77. The van der Waals surface area contributed by atoms with E-state index in [1.165, 1.54) is 0 Å². The van der Waals surface area contributed by atoms with Gasteiger partial charge in [-0.2, -0.15) is 13.2 Å². The standard InChI is InChI=1S/C14H13F3N6O2/c15-14(16,17)8-5-20-13(23-1-3-25-4-2-23)22-11(8)9-6-19-7-10(21-9)12(18)24/h5-7H,1-4H2,(H2,18,24). The summed E-state index contributed by atoms with van der Waals surface area (Å²) < 4.78 is 45.1. The topological polar surface area (TPSA) is 107 Å². The molecule has 0 bridgehead atoms. The number of nitrogens with zero attached hydrogens (tertiary/aromatic N) is 5. The zero-order chi connectivity index (χ0) is 18.0. The van der Waals surface area contributed by atoms with Crippen LogP contribution >= 0.6 is 0 Å². The minimum absolute atomic E-state index is 0.123. The molecule has 0 unspecified atom stereocenters. The van der Waals surface area contributed by atoms with Crippen molar-refractivity contribution in [2.75, 3.05) is 31.2 Å². The average molecular weight is 354 g/mol. The van der Waals surface area contributed by atoms with Crippen molar-refractivity contribution >= 4 is 11.9 Å². The third-order valence-electron chi connectivity index (χ3n) is 3.50. The van der Waals surface area contributed by atoms with Crippen LogP contribution in [0.5, 0.6) is 0 Å². The number of carbonyl (C=O) groups is 1. The van der Waals surface area contributed by atoms with Crippen LogP contribution in [0.25, 0.3) is 11.4 Å². The summed E-state index contributed by atoms with van der Waals surface area (Å²) in [6, 6.07) is 0. The van der Waals surface area contributed by atoms with Crippen molar-refractivity contribution in [3.8, 4) is 11.4 Å². The molecular formula is C14H13F3N6O2. The van der Waals surface area contributed by atoms with Gasteiger partial charge in [0.2, 0.25) is 5.95 Å². The SMILES string of the molecule is NC(=O)c1cncc(-c2nc(N3CCOCC3)ncc2C(F)(F)F)n1. The molecule has 8 nitrogen and oxygen atoms in total. The lowest BCUT2D eigenvalue weighted by atomic mass is 10.1. The van der Waals surface area contributed by atoms with E-state index < -0.39 is 23.3 Å². The summed E-state index contributed by atoms with van der Waals surface area (Å²) in [5.74, 6) is -0.775. The van der Waals surface area contributed by atoms with Gasteiger partial charge in [0.25, 0.3) is 5.91 Å². The largest absolute Gasteiger partial charge is 0.420 e. The van der Waals surface area contributed by atoms with Crippen LogP contribution in [-0.4, -0.2) is 52.1 Å². The Morgan fingerprint density at radius 2 is 1.88 bits per heavy atom. The van der Waals surface area contributed by atoms with E-state index in [0.29, 0.717) is 32.5 Å². The number of rotatable bonds is 3. The van der Waals surface area contributed by atoms with Gasteiger partial charge in [-0.25, -0.2) is 15.0 Å². The molecule has 11 heteroatoms. The molecule has 132 valence electrons. The monoisotopic (exact) mass is 354 g/mol. The molecule has 0 radical (unpaired) electrons. The molecule has 0 aromatic carbocycles. The van der Waals surface area contributed by atoms with E-state index in [0.717, 1.165) is 12.4 Å². The Balaban J connectivity index is 2.10. The third kappa shape index (κ3) is 3.65. The Kier molecular flexibility index (Phi) is 4.49. The van der Waals surface area contributed by atoms with E-state index >= 15 is 0 Å². The highest BCUT2D eigenvalue weighted by Crippen LogP contribution is 2.35. The fourth-order valence-corrected chi connectivity index (χ4v) is 2.29. The Labute approximate surface area is 139 Å².